The van der Waals surface area contributed by atoms with E-state index in [-0.39, 0.29) is 11.8 Å². The number of carbonyl (C=O) groups is 2. The molecule has 5 nitrogen and oxygen atoms in total. The van der Waals surface area contributed by atoms with Gasteiger partial charge < -0.3 is 15.4 Å². The summed E-state index contributed by atoms with van der Waals surface area (Å²) in [5.41, 5.74) is 2.73. The van der Waals surface area contributed by atoms with Crippen molar-refractivity contribution in [2.24, 2.45) is 0 Å². The fourth-order valence-electron chi connectivity index (χ4n) is 2.88. The number of benzene rings is 3. The quantitative estimate of drug-likeness (QED) is 0.632. The van der Waals surface area contributed by atoms with Gasteiger partial charge in [0.05, 0.1) is 0 Å². The van der Waals surface area contributed by atoms with E-state index < -0.39 is 0 Å². The highest BCUT2D eigenvalue weighted by Crippen LogP contribution is 2.20. The van der Waals surface area contributed by atoms with Crippen molar-refractivity contribution in [2.45, 2.75) is 25.5 Å². The van der Waals surface area contributed by atoms with E-state index in [2.05, 4.69) is 10.6 Å². The van der Waals surface area contributed by atoms with Crippen molar-refractivity contribution in [3.63, 3.8) is 0 Å². The molecule has 1 fully saturated rings. The standard InChI is InChI=1S/C24H22N2O3/c27-23(26-21-8-4-7-19(15-21)24(28)25-20-11-12-20)18-9-13-22(14-10-18)29-16-17-5-2-1-3-6-17/h1-10,13-15,20H,11-12,16H2,(H,25,28)(H,26,27). The van der Waals surface area contributed by atoms with Gasteiger partial charge in [-0.3, -0.25) is 9.59 Å². The smallest absolute Gasteiger partial charge is 0.255 e. The minimum atomic E-state index is -0.237. The van der Waals surface area contributed by atoms with Crippen molar-refractivity contribution in [3.8, 4) is 5.75 Å². The highest BCUT2D eigenvalue weighted by molar-refractivity contribution is 6.05. The van der Waals surface area contributed by atoms with E-state index in [1.165, 1.54) is 0 Å². The molecule has 2 amide bonds. The summed E-state index contributed by atoms with van der Waals surface area (Å²) in [6, 6.07) is 24.2. The molecule has 29 heavy (non-hydrogen) atoms. The number of carbonyl (C=O) groups excluding carboxylic acids is 2. The molecule has 0 aliphatic heterocycles. The van der Waals surface area contributed by atoms with E-state index in [9.17, 15) is 9.59 Å². The molecule has 146 valence electrons. The Morgan fingerprint density at radius 2 is 1.59 bits per heavy atom. The zero-order valence-corrected chi connectivity index (χ0v) is 15.9. The van der Waals surface area contributed by atoms with Gasteiger partial charge in [-0.1, -0.05) is 36.4 Å². The first kappa shape index (κ1) is 18.7. The Bertz CT molecular complexity index is 996. The van der Waals surface area contributed by atoms with Crippen LogP contribution in [-0.4, -0.2) is 17.9 Å². The Hall–Kier alpha value is -3.60. The highest BCUT2D eigenvalue weighted by Gasteiger charge is 2.23. The summed E-state index contributed by atoms with van der Waals surface area (Å²) in [5.74, 6) is 0.354. The van der Waals surface area contributed by atoms with Gasteiger partial charge in [0, 0.05) is 22.9 Å². The second kappa shape index (κ2) is 8.61. The van der Waals surface area contributed by atoms with Crippen LogP contribution in [0, 0.1) is 0 Å². The summed E-state index contributed by atoms with van der Waals surface area (Å²) in [6.45, 7) is 0.474. The molecule has 4 rings (SSSR count). The molecule has 0 radical (unpaired) electrons. The molecule has 0 heterocycles. The van der Waals surface area contributed by atoms with Gasteiger partial charge in [0.25, 0.3) is 11.8 Å². The topological polar surface area (TPSA) is 67.4 Å². The molecule has 0 atom stereocenters. The summed E-state index contributed by atoms with van der Waals surface area (Å²) in [6.07, 6.45) is 2.07. The van der Waals surface area contributed by atoms with Crippen LogP contribution in [0.2, 0.25) is 0 Å². The summed E-state index contributed by atoms with van der Waals surface area (Å²) in [7, 11) is 0. The zero-order valence-electron chi connectivity index (χ0n) is 15.9. The van der Waals surface area contributed by atoms with Crippen LogP contribution in [0.5, 0.6) is 5.75 Å². The van der Waals surface area contributed by atoms with Crippen LogP contribution in [0.25, 0.3) is 0 Å². The van der Waals surface area contributed by atoms with Crippen LogP contribution in [0.1, 0.15) is 39.1 Å². The van der Waals surface area contributed by atoms with Crippen molar-refractivity contribution in [2.75, 3.05) is 5.32 Å². The third-order valence-corrected chi connectivity index (χ3v) is 4.66. The molecule has 3 aromatic rings. The van der Waals surface area contributed by atoms with E-state index in [1.54, 1.807) is 48.5 Å². The van der Waals surface area contributed by atoms with Gasteiger partial charge in [0.15, 0.2) is 0 Å². The van der Waals surface area contributed by atoms with Crippen LogP contribution in [-0.2, 0) is 6.61 Å². The summed E-state index contributed by atoms with van der Waals surface area (Å²) in [4.78, 5) is 24.7. The fourth-order valence-corrected chi connectivity index (χ4v) is 2.88. The predicted molar refractivity (Wildman–Crippen MR) is 112 cm³/mol. The minimum Gasteiger partial charge on any atom is -0.489 e. The molecule has 1 aliphatic carbocycles. The Morgan fingerprint density at radius 1 is 0.828 bits per heavy atom. The van der Waals surface area contributed by atoms with Crippen LogP contribution in [0.15, 0.2) is 78.9 Å². The lowest BCUT2D eigenvalue weighted by molar-refractivity contribution is 0.0949. The number of nitrogens with one attached hydrogen (secondary N) is 2. The molecule has 5 heteroatoms. The normalized spacial score (nSPS) is 12.8. The lowest BCUT2D eigenvalue weighted by Gasteiger charge is -2.09. The molecular formula is C24H22N2O3. The first-order valence-electron chi connectivity index (χ1n) is 9.66. The van der Waals surface area contributed by atoms with Gasteiger partial charge >= 0.3 is 0 Å². The molecule has 3 aromatic carbocycles. The van der Waals surface area contributed by atoms with Crippen LogP contribution in [0.4, 0.5) is 5.69 Å². The maximum absolute atomic E-state index is 12.5. The second-order valence-electron chi connectivity index (χ2n) is 7.08. The second-order valence-corrected chi connectivity index (χ2v) is 7.08. The van der Waals surface area contributed by atoms with Crippen molar-refractivity contribution in [3.05, 3.63) is 95.6 Å². The van der Waals surface area contributed by atoms with Gasteiger partial charge in [-0.25, -0.2) is 0 Å². The maximum atomic E-state index is 12.5. The van der Waals surface area contributed by atoms with Gasteiger partial charge in [0.1, 0.15) is 12.4 Å². The van der Waals surface area contributed by atoms with Gasteiger partial charge in [-0.2, -0.15) is 0 Å². The monoisotopic (exact) mass is 386 g/mol. The van der Waals surface area contributed by atoms with Gasteiger partial charge in [0.2, 0.25) is 0 Å². The molecule has 1 saturated carbocycles. The fraction of sp³-hybridized carbons (Fsp3) is 0.167. The summed E-state index contributed by atoms with van der Waals surface area (Å²) >= 11 is 0. The molecule has 2 N–H and O–H groups in total. The van der Waals surface area contributed by atoms with Crippen molar-refractivity contribution >= 4 is 17.5 Å². The zero-order chi connectivity index (χ0) is 20.1. The van der Waals surface area contributed by atoms with E-state index in [1.807, 2.05) is 30.3 Å². The number of anilines is 1. The Kier molecular flexibility index (Phi) is 5.56. The highest BCUT2D eigenvalue weighted by atomic mass is 16.5. The molecule has 0 aromatic heterocycles. The lowest BCUT2D eigenvalue weighted by atomic mass is 10.1. The number of hydrogen-bond donors (Lipinski definition) is 2. The van der Waals surface area contributed by atoms with E-state index >= 15 is 0 Å². The minimum absolute atomic E-state index is 0.108. The first-order valence-corrected chi connectivity index (χ1v) is 9.66. The molecule has 1 aliphatic rings. The molecule has 0 bridgehead atoms. The molecule has 0 saturated heterocycles. The SMILES string of the molecule is O=C(Nc1cccc(C(=O)NC2CC2)c1)c1ccc(OCc2ccccc2)cc1. The average molecular weight is 386 g/mol. The van der Waals surface area contributed by atoms with Gasteiger partial charge in [-0.05, 0) is 60.9 Å². The average Bonchev–Trinajstić information content (AvgIpc) is 3.57. The Labute approximate surface area is 169 Å². The third kappa shape index (κ3) is 5.23. The van der Waals surface area contributed by atoms with Crippen LogP contribution < -0.4 is 15.4 Å². The lowest BCUT2D eigenvalue weighted by Crippen LogP contribution is -2.25. The Morgan fingerprint density at radius 3 is 2.31 bits per heavy atom. The van der Waals surface area contributed by atoms with Gasteiger partial charge in [-0.15, -0.1) is 0 Å². The molecule has 0 unspecified atom stereocenters. The number of hydrogen-bond acceptors (Lipinski definition) is 3. The maximum Gasteiger partial charge on any atom is 0.255 e. The van der Waals surface area contributed by atoms with Crippen molar-refractivity contribution in [1.82, 2.24) is 5.32 Å². The first-order chi connectivity index (χ1) is 14.2. The van der Waals surface area contributed by atoms with E-state index in [0.29, 0.717) is 35.2 Å². The number of rotatable bonds is 7. The van der Waals surface area contributed by atoms with Crippen LogP contribution in [0.3, 0.4) is 0 Å². The van der Waals surface area contributed by atoms with Crippen molar-refractivity contribution in [1.29, 1.82) is 0 Å². The summed E-state index contributed by atoms with van der Waals surface area (Å²) < 4.78 is 5.75. The predicted octanol–water partition coefficient (Wildman–Crippen LogP) is 4.41. The Balaban J connectivity index is 1.35. The number of ether oxygens (including phenoxy) is 1. The van der Waals surface area contributed by atoms with E-state index in [0.717, 1.165) is 18.4 Å². The largest absolute Gasteiger partial charge is 0.489 e. The molecular weight excluding hydrogens is 364 g/mol. The third-order valence-electron chi connectivity index (χ3n) is 4.66. The van der Waals surface area contributed by atoms with E-state index in [4.69, 9.17) is 4.74 Å². The van der Waals surface area contributed by atoms with Crippen molar-refractivity contribution < 1.29 is 14.3 Å². The molecule has 0 spiro atoms. The summed E-state index contributed by atoms with van der Waals surface area (Å²) in [5, 5.41) is 5.79. The van der Waals surface area contributed by atoms with Crippen LogP contribution >= 0.6 is 0 Å². The number of amides is 2.